The third-order valence-electron chi connectivity index (χ3n) is 3.55. The van der Waals surface area contributed by atoms with E-state index in [1.54, 1.807) is 18.2 Å². The predicted molar refractivity (Wildman–Crippen MR) is 84.1 cm³/mol. The number of hydrogen-bond acceptors (Lipinski definition) is 4. The number of fused-ring (bicyclic) bond motifs is 1. The van der Waals surface area contributed by atoms with Crippen LogP contribution in [-0.2, 0) is 16.4 Å². The van der Waals surface area contributed by atoms with Crippen molar-refractivity contribution in [2.24, 2.45) is 0 Å². The standard InChI is InChI=1S/C16H17NO4S/c1-20-13-7-9-14(10-8-13)22(18,19)17-15-6-2-4-12-5-3-11-21-16(12)15/h2,4,6-10,17H,3,5,11H2,1H3. The van der Waals surface area contributed by atoms with Crippen molar-refractivity contribution < 1.29 is 17.9 Å². The van der Waals surface area contributed by atoms with Crippen LogP contribution in [0.2, 0.25) is 0 Å². The highest BCUT2D eigenvalue weighted by Crippen LogP contribution is 2.34. The number of para-hydroxylation sites is 1. The normalized spacial score (nSPS) is 13.9. The molecule has 1 N–H and O–H groups in total. The summed E-state index contributed by atoms with van der Waals surface area (Å²) >= 11 is 0. The van der Waals surface area contributed by atoms with Crippen molar-refractivity contribution in [3.8, 4) is 11.5 Å². The lowest BCUT2D eigenvalue weighted by atomic mass is 10.1. The average Bonchev–Trinajstić information content (AvgIpc) is 2.55. The second-order valence-corrected chi connectivity index (χ2v) is 6.71. The molecule has 0 spiro atoms. The number of ether oxygens (including phenoxy) is 2. The number of nitrogens with one attached hydrogen (secondary N) is 1. The number of anilines is 1. The molecule has 1 aliphatic heterocycles. The first-order valence-corrected chi connectivity index (χ1v) is 8.50. The van der Waals surface area contributed by atoms with E-state index in [1.165, 1.54) is 19.2 Å². The molecule has 3 rings (SSSR count). The first-order chi connectivity index (χ1) is 10.6. The Kier molecular flexibility index (Phi) is 3.94. The molecule has 0 bridgehead atoms. The number of rotatable bonds is 4. The highest BCUT2D eigenvalue weighted by molar-refractivity contribution is 7.92. The third kappa shape index (κ3) is 2.87. The SMILES string of the molecule is COc1ccc(S(=O)(=O)Nc2cccc3c2OCCC3)cc1. The summed E-state index contributed by atoms with van der Waals surface area (Å²) in [5, 5.41) is 0. The predicted octanol–water partition coefficient (Wildman–Crippen LogP) is 2.82. The van der Waals surface area contributed by atoms with Crippen LogP contribution in [0, 0.1) is 0 Å². The van der Waals surface area contributed by atoms with Crippen LogP contribution in [0.25, 0.3) is 0 Å². The summed E-state index contributed by atoms with van der Waals surface area (Å²) in [5.74, 6) is 1.24. The first kappa shape index (κ1) is 14.7. The van der Waals surface area contributed by atoms with Crippen molar-refractivity contribution in [1.82, 2.24) is 0 Å². The Bertz CT molecular complexity index is 769. The van der Waals surface area contributed by atoms with E-state index in [4.69, 9.17) is 9.47 Å². The van der Waals surface area contributed by atoms with Crippen LogP contribution in [0.15, 0.2) is 47.4 Å². The van der Waals surface area contributed by atoms with Gasteiger partial charge in [0.05, 0.1) is 24.3 Å². The van der Waals surface area contributed by atoms with Gasteiger partial charge in [0.15, 0.2) is 0 Å². The summed E-state index contributed by atoms with van der Waals surface area (Å²) in [7, 11) is -2.12. The van der Waals surface area contributed by atoms with E-state index in [9.17, 15) is 8.42 Å². The number of benzene rings is 2. The van der Waals surface area contributed by atoms with Crippen molar-refractivity contribution in [2.45, 2.75) is 17.7 Å². The minimum atomic E-state index is -3.66. The van der Waals surface area contributed by atoms with Gasteiger partial charge in [0, 0.05) is 0 Å². The Morgan fingerprint density at radius 2 is 1.91 bits per heavy atom. The van der Waals surface area contributed by atoms with Gasteiger partial charge in [-0.25, -0.2) is 8.42 Å². The van der Waals surface area contributed by atoms with E-state index in [2.05, 4.69) is 4.72 Å². The van der Waals surface area contributed by atoms with Gasteiger partial charge < -0.3 is 9.47 Å². The Morgan fingerprint density at radius 1 is 1.14 bits per heavy atom. The minimum absolute atomic E-state index is 0.182. The van der Waals surface area contributed by atoms with Crippen LogP contribution < -0.4 is 14.2 Å². The van der Waals surface area contributed by atoms with Gasteiger partial charge in [-0.1, -0.05) is 12.1 Å². The maximum Gasteiger partial charge on any atom is 0.262 e. The van der Waals surface area contributed by atoms with Crippen LogP contribution >= 0.6 is 0 Å². The molecule has 116 valence electrons. The monoisotopic (exact) mass is 319 g/mol. The molecule has 0 saturated heterocycles. The Morgan fingerprint density at radius 3 is 2.64 bits per heavy atom. The molecule has 0 saturated carbocycles. The lowest BCUT2D eigenvalue weighted by Gasteiger charge is -2.20. The smallest absolute Gasteiger partial charge is 0.262 e. The quantitative estimate of drug-likeness (QED) is 0.941. The van der Waals surface area contributed by atoms with Gasteiger partial charge in [0.25, 0.3) is 10.0 Å². The maximum absolute atomic E-state index is 12.5. The van der Waals surface area contributed by atoms with Crippen LogP contribution in [0.5, 0.6) is 11.5 Å². The Balaban J connectivity index is 1.91. The van der Waals surface area contributed by atoms with Crippen molar-refractivity contribution in [2.75, 3.05) is 18.4 Å². The Hall–Kier alpha value is -2.21. The fraction of sp³-hybridized carbons (Fsp3) is 0.250. The number of hydrogen-bond donors (Lipinski definition) is 1. The fourth-order valence-corrected chi connectivity index (χ4v) is 3.49. The van der Waals surface area contributed by atoms with Gasteiger partial charge >= 0.3 is 0 Å². The topological polar surface area (TPSA) is 64.6 Å². The highest BCUT2D eigenvalue weighted by atomic mass is 32.2. The molecule has 1 aliphatic rings. The fourth-order valence-electron chi connectivity index (χ4n) is 2.43. The van der Waals surface area contributed by atoms with Gasteiger partial charge in [-0.15, -0.1) is 0 Å². The summed E-state index contributed by atoms with van der Waals surface area (Å²) in [5.41, 5.74) is 1.51. The van der Waals surface area contributed by atoms with Crippen molar-refractivity contribution in [3.63, 3.8) is 0 Å². The minimum Gasteiger partial charge on any atom is -0.497 e. The molecule has 0 fully saturated rings. The summed E-state index contributed by atoms with van der Waals surface area (Å²) in [6.45, 7) is 0.605. The molecule has 22 heavy (non-hydrogen) atoms. The van der Waals surface area contributed by atoms with Crippen LogP contribution in [-0.4, -0.2) is 22.1 Å². The van der Waals surface area contributed by atoms with Gasteiger partial charge in [0.2, 0.25) is 0 Å². The van der Waals surface area contributed by atoms with E-state index in [0.717, 1.165) is 18.4 Å². The summed E-state index contributed by atoms with van der Waals surface area (Å²) in [6.07, 6.45) is 1.84. The number of sulfonamides is 1. The van der Waals surface area contributed by atoms with Crippen LogP contribution in [0.3, 0.4) is 0 Å². The van der Waals surface area contributed by atoms with Crippen molar-refractivity contribution >= 4 is 15.7 Å². The van der Waals surface area contributed by atoms with Gasteiger partial charge in [-0.3, -0.25) is 4.72 Å². The molecule has 6 heteroatoms. The molecule has 5 nitrogen and oxygen atoms in total. The second-order valence-electron chi connectivity index (χ2n) is 5.03. The summed E-state index contributed by atoms with van der Waals surface area (Å²) in [4.78, 5) is 0.182. The molecular formula is C16H17NO4S. The molecule has 0 radical (unpaired) electrons. The third-order valence-corrected chi connectivity index (χ3v) is 4.93. The van der Waals surface area contributed by atoms with Gasteiger partial charge in [0.1, 0.15) is 11.5 Å². The van der Waals surface area contributed by atoms with Crippen molar-refractivity contribution in [3.05, 3.63) is 48.0 Å². The molecule has 0 aromatic heterocycles. The van der Waals surface area contributed by atoms with Crippen LogP contribution in [0.1, 0.15) is 12.0 Å². The lowest BCUT2D eigenvalue weighted by molar-refractivity contribution is 0.290. The largest absolute Gasteiger partial charge is 0.497 e. The van der Waals surface area contributed by atoms with E-state index in [1.807, 2.05) is 12.1 Å². The second kappa shape index (κ2) is 5.88. The van der Waals surface area contributed by atoms with E-state index >= 15 is 0 Å². The molecule has 2 aromatic carbocycles. The summed E-state index contributed by atoms with van der Waals surface area (Å²) < 4.78 is 38.2. The zero-order valence-electron chi connectivity index (χ0n) is 12.2. The van der Waals surface area contributed by atoms with Crippen molar-refractivity contribution in [1.29, 1.82) is 0 Å². The molecule has 0 atom stereocenters. The molecule has 1 heterocycles. The molecular weight excluding hydrogens is 302 g/mol. The van der Waals surface area contributed by atoms with Gasteiger partial charge in [-0.05, 0) is 48.7 Å². The zero-order valence-corrected chi connectivity index (χ0v) is 13.0. The maximum atomic E-state index is 12.5. The van der Waals surface area contributed by atoms with E-state index in [0.29, 0.717) is 23.8 Å². The molecule has 0 unspecified atom stereocenters. The summed E-state index contributed by atoms with van der Waals surface area (Å²) in [6, 6.07) is 11.8. The zero-order chi connectivity index (χ0) is 15.6. The average molecular weight is 319 g/mol. The Labute approximate surface area is 129 Å². The van der Waals surface area contributed by atoms with E-state index in [-0.39, 0.29) is 4.90 Å². The van der Waals surface area contributed by atoms with Crippen LogP contribution in [0.4, 0.5) is 5.69 Å². The molecule has 0 amide bonds. The number of methoxy groups -OCH3 is 1. The highest BCUT2D eigenvalue weighted by Gasteiger charge is 2.20. The first-order valence-electron chi connectivity index (χ1n) is 7.02. The lowest BCUT2D eigenvalue weighted by Crippen LogP contribution is -2.16. The number of aryl methyl sites for hydroxylation is 1. The molecule has 0 aliphatic carbocycles. The van der Waals surface area contributed by atoms with Gasteiger partial charge in [-0.2, -0.15) is 0 Å². The van der Waals surface area contributed by atoms with E-state index < -0.39 is 10.0 Å². The molecule has 2 aromatic rings.